The van der Waals surface area contributed by atoms with Crippen LogP contribution in [0.15, 0.2) is 42.7 Å². The van der Waals surface area contributed by atoms with E-state index in [4.69, 9.17) is 0 Å². The van der Waals surface area contributed by atoms with Crippen molar-refractivity contribution in [2.45, 2.75) is 20.3 Å². The molecule has 0 unspecified atom stereocenters. The lowest BCUT2D eigenvalue weighted by molar-refractivity contribution is 1.04. The van der Waals surface area contributed by atoms with Gasteiger partial charge in [0.2, 0.25) is 0 Å². The molecule has 0 aromatic carbocycles. The number of H-pyrrole nitrogens is 1. The van der Waals surface area contributed by atoms with Crippen molar-refractivity contribution in [1.82, 2.24) is 9.97 Å². The maximum atomic E-state index is 3.78. The molecule has 0 radical (unpaired) electrons. The summed E-state index contributed by atoms with van der Waals surface area (Å²) in [4.78, 5) is 7.01. The van der Waals surface area contributed by atoms with Crippen LogP contribution in [0.5, 0.6) is 0 Å². The second kappa shape index (κ2) is 5.97. The van der Waals surface area contributed by atoms with E-state index in [9.17, 15) is 0 Å². The predicted molar refractivity (Wildman–Crippen MR) is 59.1 cm³/mol. The van der Waals surface area contributed by atoms with Gasteiger partial charge in [0.15, 0.2) is 0 Å². The Bertz CT molecular complexity index is 312. The topological polar surface area (TPSA) is 28.7 Å². The summed E-state index contributed by atoms with van der Waals surface area (Å²) in [5, 5.41) is 0. The molecule has 2 heterocycles. The van der Waals surface area contributed by atoms with Crippen LogP contribution in [0.4, 0.5) is 0 Å². The van der Waals surface area contributed by atoms with Crippen LogP contribution in [-0.4, -0.2) is 9.97 Å². The van der Waals surface area contributed by atoms with E-state index in [1.165, 1.54) is 11.4 Å². The number of nitrogens with one attached hydrogen (secondary N) is 1. The summed E-state index contributed by atoms with van der Waals surface area (Å²) in [5.74, 6) is 0. The SMILES string of the molecule is CCc1ccc(C)[nH]1.c1ccncc1. The zero-order valence-electron chi connectivity index (χ0n) is 8.70. The van der Waals surface area contributed by atoms with Gasteiger partial charge in [-0.05, 0) is 37.6 Å². The number of hydrogen-bond donors (Lipinski definition) is 1. The summed E-state index contributed by atoms with van der Waals surface area (Å²) in [6, 6.07) is 9.93. The van der Waals surface area contributed by atoms with E-state index in [2.05, 4.69) is 35.9 Å². The Morgan fingerprint density at radius 1 is 1.14 bits per heavy atom. The molecule has 0 fully saturated rings. The summed E-state index contributed by atoms with van der Waals surface area (Å²) in [6.45, 7) is 4.21. The first kappa shape index (κ1) is 10.5. The Labute approximate surface area is 85.0 Å². The lowest BCUT2D eigenvalue weighted by Gasteiger charge is -1.84. The molecular weight excluding hydrogens is 172 g/mol. The Hall–Kier alpha value is -1.57. The van der Waals surface area contributed by atoms with Crippen LogP contribution >= 0.6 is 0 Å². The van der Waals surface area contributed by atoms with Crippen LogP contribution in [0.3, 0.4) is 0 Å². The van der Waals surface area contributed by atoms with Gasteiger partial charge in [-0.2, -0.15) is 0 Å². The minimum Gasteiger partial charge on any atom is -0.363 e. The number of pyridine rings is 1. The quantitative estimate of drug-likeness (QED) is 0.732. The summed E-state index contributed by atoms with van der Waals surface area (Å²) in [6.07, 6.45) is 4.61. The molecule has 2 rings (SSSR count). The maximum Gasteiger partial charge on any atom is 0.0267 e. The molecule has 0 atom stereocenters. The van der Waals surface area contributed by atoms with Crippen LogP contribution in [0.25, 0.3) is 0 Å². The van der Waals surface area contributed by atoms with Crippen molar-refractivity contribution in [3.05, 3.63) is 54.1 Å². The van der Waals surface area contributed by atoms with Crippen LogP contribution in [0.2, 0.25) is 0 Å². The number of hydrogen-bond acceptors (Lipinski definition) is 1. The molecule has 0 aliphatic rings. The van der Waals surface area contributed by atoms with Gasteiger partial charge in [-0.15, -0.1) is 0 Å². The summed E-state index contributed by atoms with van der Waals surface area (Å²) < 4.78 is 0. The minimum atomic E-state index is 1.10. The molecule has 2 nitrogen and oxygen atoms in total. The van der Waals surface area contributed by atoms with Crippen LogP contribution in [0, 0.1) is 6.92 Å². The van der Waals surface area contributed by atoms with Gasteiger partial charge in [0, 0.05) is 23.8 Å². The third-order valence-corrected chi connectivity index (χ3v) is 1.84. The zero-order valence-corrected chi connectivity index (χ0v) is 8.70. The first-order chi connectivity index (χ1) is 6.83. The van der Waals surface area contributed by atoms with Crippen molar-refractivity contribution in [3.8, 4) is 0 Å². The highest BCUT2D eigenvalue weighted by atomic mass is 14.7. The van der Waals surface area contributed by atoms with E-state index >= 15 is 0 Å². The lowest BCUT2D eigenvalue weighted by Crippen LogP contribution is -1.76. The Morgan fingerprint density at radius 2 is 1.86 bits per heavy atom. The smallest absolute Gasteiger partial charge is 0.0267 e. The maximum absolute atomic E-state index is 3.78. The van der Waals surface area contributed by atoms with Crippen molar-refractivity contribution >= 4 is 0 Å². The van der Waals surface area contributed by atoms with Crippen molar-refractivity contribution in [1.29, 1.82) is 0 Å². The number of aromatic amines is 1. The molecule has 0 bridgehead atoms. The molecule has 74 valence electrons. The highest BCUT2D eigenvalue weighted by molar-refractivity contribution is 5.10. The monoisotopic (exact) mass is 188 g/mol. The highest BCUT2D eigenvalue weighted by Gasteiger charge is 1.87. The summed E-state index contributed by atoms with van der Waals surface area (Å²) in [7, 11) is 0. The summed E-state index contributed by atoms with van der Waals surface area (Å²) in [5.41, 5.74) is 2.57. The molecule has 0 saturated heterocycles. The predicted octanol–water partition coefficient (Wildman–Crippen LogP) is 2.97. The van der Waals surface area contributed by atoms with Crippen LogP contribution < -0.4 is 0 Å². The second-order valence-electron chi connectivity index (χ2n) is 3.04. The fourth-order valence-corrected chi connectivity index (χ4v) is 1.08. The number of rotatable bonds is 1. The lowest BCUT2D eigenvalue weighted by atomic mass is 10.3. The fraction of sp³-hybridized carbons (Fsp3) is 0.250. The van der Waals surface area contributed by atoms with Gasteiger partial charge < -0.3 is 4.98 Å². The Balaban J connectivity index is 0.000000146. The Kier molecular flexibility index (Phi) is 4.48. The fourth-order valence-electron chi connectivity index (χ4n) is 1.08. The normalized spacial score (nSPS) is 9.00. The molecule has 0 saturated carbocycles. The molecule has 2 aromatic rings. The molecule has 0 amide bonds. The largest absolute Gasteiger partial charge is 0.363 e. The van der Waals surface area contributed by atoms with E-state index in [0.29, 0.717) is 0 Å². The van der Waals surface area contributed by atoms with E-state index in [0.717, 1.165) is 6.42 Å². The molecule has 14 heavy (non-hydrogen) atoms. The van der Waals surface area contributed by atoms with Gasteiger partial charge >= 0.3 is 0 Å². The third-order valence-electron chi connectivity index (χ3n) is 1.84. The Morgan fingerprint density at radius 3 is 2.07 bits per heavy atom. The van der Waals surface area contributed by atoms with Crippen LogP contribution in [0.1, 0.15) is 18.3 Å². The van der Waals surface area contributed by atoms with Crippen molar-refractivity contribution in [2.75, 3.05) is 0 Å². The molecule has 0 spiro atoms. The number of aromatic nitrogens is 2. The minimum absolute atomic E-state index is 1.10. The average Bonchev–Trinajstić information content (AvgIpc) is 2.68. The van der Waals surface area contributed by atoms with Gasteiger partial charge in [0.1, 0.15) is 0 Å². The first-order valence-electron chi connectivity index (χ1n) is 4.82. The zero-order chi connectivity index (χ0) is 10.2. The molecular formula is C12H16N2. The van der Waals surface area contributed by atoms with E-state index < -0.39 is 0 Å². The van der Waals surface area contributed by atoms with Gasteiger partial charge in [0.25, 0.3) is 0 Å². The van der Waals surface area contributed by atoms with Gasteiger partial charge in [0.05, 0.1) is 0 Å². The molecule has 2 heteroatoms. The molecule has 0 aliphatic heterocycles. The van der Waals surface area contributed by atoms with Crippen molar-refractivity contribution in [3.63, 3.8) is 0 Å². The van der Waals surface area contributed by atoms with Gasteiger partial charge in [-0.25, -0.2) is 0 Å². The van der Waals surface area contributed by atoms with E-state index in [-0.39, 0.29) is 0 Å². The summed E-state index contributed by atoms with van der Waals surface area (Å²) >= 11 is 0. The van der Waals surface area contributed by atoms with Crippen molar-refractivity contribution < 1.29 is 0 Å². The first-order valence-corrected chi connectivity index (χ1v) is 4.82. The van der Waals surface area contributed by atoms with Gasteiger partial charge in [-0.3, -0.25) is 4.98 Å². The average molecular weight is 188 g/mol. The van der Waals surface area contributed by atoms with Crippen LogP contribution in [-0.2, 0) is 6.42 Å². The van der Waals surface area contributed by atoms with E-state index in [1.807, 2.05) is 18.2 Å². The van der Waals surface area contributed by atoms with Crippen molar-refractivity contribution in [2.24, 2.45) is 0 Å². The molecule has 2 aromatic heterocycles. The molecule has 0 aliphatic carbocycles. The number of aryl methyl sites for hydroxylation is 2. The van der Waals surface area contributed by atoms with E-state index in [1.54, 1.807) is 12.4 Å². The highest BCUT2D eigenvalue weighted by Crippen LogP contribution is 1.99. The standard InChI is InChI=1S/C7H11N.C5H5N/c1-3-7-5-4-6(2)8-7;1-2-4-6-5-3-1/h4-5,8H,3H2,1-2H3;1-5H. The second-order valence-corrected chi connectivity index (χ2v) is 3.04. The third kappa shape index (κ3) is 3.90. The number of nitrogens with zero attached hydrogens (tertiary/aromatic N) is 1. The molecule has 1 N–H and O–H groups in total. The van der Waals surface area contributed by atoms with Gasteiger partial charge in [-0.1, -0.05) is 13.0 Å².